The molecular formula is C42H32N2. The highest BCUT2D eigenvalue weighted by Gasteiger charge is 2.19. The molecule has 0 fully saturated rings. The van der Waals surface area contributed by atoms with Gasteiger partial charge in [0.25, 0.3) is 0 Å². The van der Waals surface area contributed by atoms with Crippen molar-refractivity contribution in [2.24, 2.45) is 0 Å². The van der Waals surface area contributed by atoms with Crippen LogP contribution in [0.5, 0.6) is 0 Å². The van der Waals surface area contributed by atoms with E-state index in [9.17, 15) is 0 Å². The van der Waals surface area contributed by atoms with Crippen molar-refractivity contribution in [2.45, 2.75) is 0 Å². The number of rotatable bonds is 8. The van der Waals surface area contributed by atoms with Crippen LogP contribution in [0.3, 0.4) is 0 Å². The van der Waals surface area contributed by atoms with Crippen LogP contribution in [0, 0.1) is 0 Å². The van der Waals surface area contributed by atoms with Crippen LogP contribution in [0.4, 0.5) is 34.1 Å². The Bertz CT molecular complexity index is 1790. The standard InChI is InChI=1S/C42H32N2/c1-5-17-33(18-6-1)39-25-13-15-27-41(39)43(35-21-9-3-10-22-35)37-29-31-38(32-30-37)44(36-23-11-4-12-24-36)42-28-16-14-26-40(42)34-19-7-2-8-20-34/h1-32H. The van der Waals surface area contributed by atoms with Crippen LogP contribution in [0.1, 0.15) is 0 Å². The molecule has 0 aromatic heterocycles. The first-order valence-corrected chi connectivity index (χ1v) is 15.0. The van der Waals surface area contributed by atoms with Gasteiger partial charge in [0, 0.05) is 33.9 Å². The van der Waals surface area contributed by atoms with Gasteiger partial charge in [-0.05, 0) is 71.8 Å². The van der Waals surface area contributed by atoms with Crippen molar-refractivity contribution in [3.05, 3.63) is 194 Å². The first-order chi connectivity index (χ1) is 21.9. The third-order valence-electron chi connectivity index (χ3n) is 7.85. The minimum absolute atomic E-state index is 1.09. The Morgan fingerprint density at radius 3 is 0.864 bits per heavy atom. The molecule has 44 heavy (non-hydrogen) atoms. The van der Waals surface area contributed by atoms with Crippen LogP contribution in [-0.2, 0) is 0 Å². The Kier molecular flexibility index (Phi) is 7.71. The summed E-state index contributed by atoms with van der Waals surface area (Å²) in [6, 6.07) is 68.6. The Labute approximate surface area is 259 Å². The van der Waals surface area contributed by atoms with E-state index < -0.39 is 0 Å². The molecule has 7 aromatic carbocycles. The van der Waals surface area contributed by atoms with Crippen LogP contribution in [-0.4, -0.2) is 0 Å². The highest BCUT2D eigenvalue weighted by Crippen LogP contribution is 2.44. The van der Waals surface area contributed by atoms with Crippen molar-refractivity contribution >= 4 is 34.1 Å². The number of hydrogen-bond donors (Lipinski definition) is 0. The van der Waals surface area contributed by atoms with Crippen LogP contribution >= 0.6 is 0 Å². The minimum atomic E-state index is 1.09. The molecule has 0 spiro atoms. The zero-order valence-electron chi connectivity index (χ0n) is 24.4. The van der Waals surface area contributed by atoms with Gasteiger partial charge in [-0.2, -0.15) is 0 Å². The Hall–Kier alpha value is -5.86. The van der Waals surface area contributed by atoms with Gasteiger partial charge in [0.05, 0.1) is 11.4 Å². The maximum Gasteiger partial charge on any atom is 0.0540 e. The largest absolute Gasteiger partial charge is 0.310 e. The lowest BCUT2D eigenvalue weighted by Crippen LogP contribution is -2.13. The summed E-state index contributed by atoms with van der Waals surface area (Å²) in [6.45, 7) is 0. The maximum atomic E-state index is 2.34. The highest BCUT2D eigenvalue weighted by molar-refractivity contribution is 5.90. The van der Waals surface area contributed by atoms with E-state index in [4.69, 9.17) is 0 Å². The number of hydrogen-bond acceptors (Lipinski definition) is 2. The third-order valence-corrected chi connectivity index (χ3v) is 7.85. The average Bonchev–Trinajstić information content (AvgIpc) is 3.11. The molecule has 210 valence electrons. The number of anilines is 6. The van der Waals surface area contributed by atoms with E-state index in [-0.39, 0.29) is 0 Å². The molecule has 0 aliphatic carbocycles. The van der Waals surface area contributed by atoms with Crippen LogP contribution in [0.25, 0.3) is 22.3 Å². The van der Waals surface area contributed by atoms with Crippen molar-refractivity contribution in [1.82, 2.24) is 0 Å². The van der Waals surface area contributed by atoms with Crippen molar-refractivity contribution < 1.29 is 0 Å². The minimum Gasteiger partial charge on any atom is -0.310 e. The molecule has 0 radical (unpaired) electrons. The molecule has 0 heterocycles. The van der Waals surface area contributed by atoms with Gasteiger partial charge in [0.1, 0.15) is 0 Å². The summed E-state index contributed by atoms with van der Waals surface area (Å²) in [5.74, 6) is 0. The third kappa shape index (κ3) is 5.49. The lowest BCUT2D eigenvalue weighted by atomic mass is 10.0. The van der Waals surface area contributed by atoms with Crippen molar-refractivity contribution in [3.63, 3.8) is 0 Å². The average molecular weight is 565 g/mol. The topological polar surface area (TPSA) is 6.48 Å². The van der Waals surface area contributed by atoms with Crippen LogP contribution in [0.15, 0.2) is 194 Å². The smallest absolute Gasteiger partial charge is 0.0540 e. The van der Waals surface area contributed by atoms with Crippen LogP contribution in [0.2, 0.25) is 0 Å². The molecule has 0 bridgehead atoms. The fraction of sp³-hybridized carbons (Fsp3) is 0. The molecular weight excluding hydrogens is 532 g/mol. The zero-order chi connectivity index (χ0) is 29.6. The number of benzene rings is 7. The zero-order valence-corrected chi connectivity index (χ0v) is 24.4. The van der Waals surface area contributed by atoms with Gasteiger partial charge in [0.15, 0.2) is 0 Å². The Morgan fingerprint density at radius 2 is 0.500 bits per heavy atom. The van der Waals surface area contributed by atoms with E-state index in [0.717, 1.165) is 34.1 Å². The molecule has 0 amide bonds. The van der Waals surface area contributed by atoms with Gasteiger partial charge < -0.3 is 9.80 Å². The molecule has 2 nitrogen and oxygen atoms in total. The van der Waals surface area contributed by atoms with Gasteiger partial charge in [-0.15, -0.1) is 0 Å². The number of nitrogens with zero attached hydrogens (tertiary/aromatic N) is 2. The molecule has 7 aromatic rings. The van der Waals surface area contributed by atoms with Gasteiger partial charge in [-0.25, -0.2) is 0 Å². The second kappa shape index (κ2) is 12.6. The molecule has 0 N–H and O–H groups in total. The predicted octanol–water partition coefficient (Wildman–Crippen LogP) is 12.0. The van der Waals surface area contributed by atoms with E-state index in [2.05, 4.69) is 204 Å². The van der Waals surface area contributed by atoms with Crippen molar-refractivity contribution in [3.8, 4) is 22.3 Å². The molecule has 0 aliphatic rings. The molecule has 0 saturated heterocycles. The van der Waals surface area contributed by atoms with E-state index in [1.54, 1.807) is 0 Å². The normalized spacial score (nSPS) is 10.7. The summed E-state index contributed by atoms with van der Waals surface area (Å²) in [4.78, 5) is 4.69. The Morgan fingerprint density at radius 1 is 0.227 bits per heavy atom. The van der Waals surface area contributed by atoms with E-state index >= 15 is 0 Å². The first-order valence-electron chi connectivity index (χ1n) is 15.0. The molecule has 0 unspecified atom stereocenters. The lowest BCUT2D eigenvalue weighted by Gasteiger charge is -2.30. The van der Waals surface area contributed by atoms with Crippen molar-refractivity contribution in [2.75, 3.05) is 9.80 Å². The predicted molar refractivity (Wildman–Crippen MR) is 187 cm³/mol. The van der Waals surface area contributed by atoms with E-state index in [0.29, 0.717) is 0 Å². The SMILES string of the molecule is c1ccc(-c2ccccc2N(c2ccccc2)c2ccc(N(c3ccccc3)c3ccccc3-c3ccccc3)cc2)cc1. The monoisotopic (exact) mass is 564 g/mol. The lowest BCUT2D eigenvalue weighted by molar-refractivity contribution is 1.26. The molecule has 0 aliphatic heterocycles. The summed E-state index contributed by atoms with van der Waals surface area (Å²) in [7, 11) is 0. The summed E-state index contributed by atoms with van der Waals surface area (Å²) >= 11 is 0. The maximum absolute atomic E-state index is 2.34. The fourth-order valence-electron chi connectivity index (χ4n) is 5.82. The van der Waals surface area contributed by atoms with Gasteiger partial charge in [-0.1, -0.05) is 133 Å². The highest BCUT2D eigenvalue weighted by atomic mass is 15.2. The van der Waals surface area contributed by atoms with Gasteiger partial charge >= 0.3 is 0 Å². The fourth-order valence-corrected chi connectivity index (χ4v) is 5.82. The first kappa shape index (κ1) is 27.0. The quantitative estimate of drug-likeness (QED) is 0.181. The van der Waals surface area contributed by atoms with Crippen molar-refractivity contribution in [1.29, 1.82) is 0 Å². The second-order valence-electron chi connectivity index (χ2n) is 10.6. The second-order valence-corrected chi connectivity index (χ2v) is 10.6. The molecule has 0 saturated carbocycles. The number of para-hydroxylation sites is 4. The summed E-state index contributed by atoms with van der Waals surface area (Å²) < 4.78 is 0. The summed E-state index contributed by atoms with van der Waals surface area (Å²) in [5, 5.41) is 0. The summed E-state index contributed by atoms with van der Waals surface area (Å²) in [5.41, 5.74) is 11.4. The van der Waals surface area contributed by atoms with Gasteiger partial charge in [-0.3, -0.25) is 0 Å². The molecule has 2 heteroatoms. The summed E-state index contributed by atoms with van der Waals surface area (Å²) in [6.07, 6.45) is 0. The Balaban J connectivity index is 1.36. The van der Waals surface area contributed by atoms with Crippen LogP contribution < -0.4 is 9.80 Å². The van der Waals surface area contributed by atoms with Gasteiger partial charge in [0.2, 0.25) is 0 Å². The molecule has 0 atom stereocenters. The van der Waals surface area contributed by atoms with E-state index in [1.165, 1.54) is 22.3 Å². The van der Waals surface area contributed by atoms with E-state index in [1.807, 2.05) is 0 Å². The molecule has 7 rings (SSSR count).